The standard InChI is InChI=1S/C17H23N3O2/c21-16(12-15-17(22)19-9-8-18-15)20-10-6-14(7-11-20)13-4-2-1-3-5-13/h1-5,14-15,18H,6-12H2,(H,19,22)/t15-/m0/s1. The molecule has 2 aliphatic rings. The van der Waals surface area contributed by atoms with E-state index in [4.69, 9.17) is 0 Å². The van der Waals surface area contributed by atoms with Crippen molar-refractivity contribution in [1.29, 1.82) is 0 Å². The first kappa shape index (κ1) is 15.0. The first-order valence-corrected chi connectivity index (χ1v) is 8.08. The molecular formula is C17H23N3O2. The van der Waals surface area contributed by atoms with E-state index in [-0.39, 0.29) is 24.3 Å². The Kier molecular flexibility index (Phi) is 4.73. The fourth-order valence-corrected chi connectivity index (χ4v) is 3.30. The molecule has 0 unspecified atom stereocenters. The molecule has 22 heavy (non-hydrogen) atoms. The molecule has 2 amide bonds. The highest BCUT2D eigenvalue weighted by Gasteiger charge is 2.29. The second kappa shape index (κ2) is 6.92. The summed E-state index contributed by atoms with van der Waals surface area (Å²) < 4.78 is 0. The van der Waals surface area contributed by atoms with Crippen LogP contribution in [0.3, 0.4) is 0 Å². The van der Waals surface area contributed by atoms with E-state index in [1.165, 1.54) is 5.56 Å². The number of piperazine rings is 1. The minimum atomic E-state index is -0.368. The summed E-state index contributed by atoms with van der Waals surface area (Å²) in [5, 5.41) is 5.91. The van der Waals surface area contributed by atoms with Crippen molar-refractivity contribution in [2.75, 3.05) is 26.2 Å². The molecule has 0 radical (unpaired) electrons. The summed E-state index contributed by atoms with van der Waals surface area (Å²) in [6, 6.07) is 10.1. The van der Waals surface area contributed by atoms with Crippen molar-refractivity contribution in [2.45, 2.75) is 31.2 Å². The summed E-state index contributed by atoms with van der Waals surface area (Å²) in [6.07, 6.45) is 2.27. The van der Waals surface area contributed by atoms with Gasteiger partial charge in [-0.25, -0.2) is 0 Å². The van der Waals surface area contributed by atoms with Crippen LogP contribution >= 0.6 is 0 Å². The van der Waals surface area contributed by atoms with E-state index < -0.39 is 0 Å². The van der Waals surface area contributed by atoms with Gasteiger partial charge in [-0.2, -0.15) is 0 Å². The lowest BCUT2D eigenvalue weighted by molar-refractivity contribution is -0.136. The smallest absolute Gasteiger partial charge is 0.237 e. The number of hydrogen-bond acceptors (Lipinski definition) is 3. The second-order valence-corrected chi connectivity index (χ2v) is 6.07. The maximum Gasteiger partial charge on any atom is 0.237 e. The van der Waals surface area contributed by atoms with E-state index in [1.54, 1.807) is 0 Å². The predicted molar refractivity (Wildman–Crippen MR) is 84.4 cm³/mol. The van der Waals surface area contributed by atoms with Crippen LogP contribution in [0.25, 0.3) is 0 Å². The Hall–Kier alpha value is -1.88. The summed E-state index contributed by atoms with van der Waals surface area (Å²) in [5.41, 5.74) is 1.36. The lowest BCUT2D eigenvalue weighted by Gasteiger charge is -2.33. The zero-order valence-corrected chi connectivity index (χ0v) is 12.8. The number of hydrogen-bond donors (Lipinski definition) is 2. The largest absolute Gasteiger partial charge is 0.353 e. The molecule has 2 N–H and O–H groups in total. The van der Waals surface area contributed by atoms with Crippen LogP contribution in [0.2, 0.25) is 0 Å². The van der Waals surface area contributed by atoms with Crippen LogP contribution in [0.4, 0.5) is 0 Å². The Bertz CT molecular complexity index is 524. The van der Waals surface area contributed by atoms with Gasteiger partial charge < -0.3 is 15.5 Å². The summed E-state index contributed by atoms with van der Waals surface area (Å²) in [6.45, 7) is 2.95. The second-order valence-electron chi connectivity index (χ2n) is 6.07. The van der Waals surface area contributed by atoms with Gasteiger partial charge in [-0.15, -0.1) is 0 Å². The molecule has 1 aromatic carbocycles. The Labute approximate surface area is 131 Å². The third-order valence-corrected chi connectivity index (χ3v) is 4.63. The van der Waals surface area contributed by atoms with Crippen molar-refractivity contribution in [3.63, 3.8) is 0 Å². The van der Waals surface area contributed by atoms with Gasteiger partial charge in [0, 0.05) is 26.2 Å². The van der Waals surface area contributed by atoms with Crippen LogP contribution < -0.4 is 10.6 Å². The lowest BCUT2D eigenvalue weighted by atomic mass is 9.89. The van der Waals surface area contributed by atoms with E-state index in [2.05, 4.69) is 34.9 Å². The molecular weight excluding hydrogens is 278 g/mol. The van der Waals surface area contributed by atoms with Gasteiger partial charge in [0.25, 0.3) is 0 Å². The molecule has 0 spiro atoms. The number of nitrogens with zero attached hydrogens (tertiary/aromatic N) is 1. The van der Waals surface area contributed by atoms with Crippen LogP contribution in [0.15, 0.2) is 30.3 Å². The quantitative estimate of drug-likeness (QED) is 0.871. The first-order chi connectivity index (χ1) is 10.7. The molecule has 118 valence electrons. The van der Waals surface area contributed by atoms with Gasteiger partial charge in [-0.05, 0) is 24.3 Å². The van der Waals surface area contributed by atoms with Crippen LogP contribution in [-0.2, 0) is 9.59 Å². The molecule has 2 fully saturated rings. The van der Waals surface area contributed by atoms with E-state index >= 15 is 0 Å². The Morgan fingerprint density at radius 3 is 2.55 bits per heavy atom. The topological polar surface area (TPSA) is 61.4 Å². The monoisotopic (exact) mass is 301 g/mol. The molecule has 1 atom stereocenters. The summed E-state index contributed by atoms with van der Waals surface area (Å²) in [7, 11) is 0. The van der Waals surface area contributed by atoms with Gasteiger partial charge in [-0.1, -0.05) is 30.3 Å². The number of piperidine rings is 1. The van der Waals surface area contributed by atoms with Gasteiger partial charge in [0.1, 0.15) is 0 Å². The van der Waals surface area contributed by atoms with Crippen LogP contribution in [-0.4, -0.2) is 48.9 Å². The highest BCUT2D eigenvalue weighted by molar-refractivity contribution is 5.88. The molecule has 0 bridgehead atoms. The minimum Gasteiger partial charge on any atom is -0.353 e. The zero-order chi connectivity index (χ0) is 15.4. The van der Waals surface area contributed by atoms with E-state index in [0.717, 1.165) is 32.5 Å². The van der Waals surface area contributed by atoms with Gasteiger partial charge >= 0.3 is 0 Å². The van der Waals surface area contributed by atoms with E-state index in [9.17, 15) is 9.59 Å². The molecule has 1 aromatic rings. The molecule has 0 aromatic heterocycles. The fraction of sp³-hybridized carbons (Fsp3) is 0.529. The number of nitrogens with one attached hydrogen (secondary N) is 2. The minimum absolute atomic E-state index is 0.0567. The molecule has 0 saturated carbocycles. The third-order valence-electron chi connectivity index (χ3n) is 4.63. The van der Waals surface area contributed by atoms with Crippen molar-refractivity contribution >= 4 is 11.8 Å². The number of amides is 2. The fourth-order valence-electron chi connectivity index (χ4n) is 3.30. The summed E-state index contributed by atoms with van der Waals surface area (Å²) >= 11 is 0. The van der Waals surface area contributed by atoms with Gasteiger partial charge in [0.2, 0.25) is 11.8 Å². The average Bonchev–Trinajstić information content (AvgIpc) is 2.58. The molecule has 5 nitrogen and oxygen atoms in total. The van der Waals surface area contributed by atoms with Crippen LogP contribution in [0.1, 0.15) is 30.7 Å². The number of likely N-dealkylation sites (tertiary alicyclic amines) is 1. The predicted octanol–water partition coefficient (Wildman–Crippen LogP) is 0.871. The van der Waals surface area contributed by atoms with Crippen LogP contribution in [0.5, 0.6) is 0 Å². The van der Waals surface area contributed by atoms with Crippen molar-refractivity contribution < 1.29 is 9.59 Å². The van der Waals surface area contributed by atoms with Crippen LogP contribution in [0, 0.1) is 0 Å². The summed E-state index contributed by atoms with van der Waals surface area (Å²) in [4.78, 5) is 26.0. The van der Waals surface area contributed by atoms with Crippen molar-refractivity contribution in [3.8, 4) is 0 Å². The maximum absolute atomic E-state index is 12.4. The highest BCUT2D eigenvalue weighted by atomic mass is 16.2. The molecule has 2 heterocycles. The van der Waals surface area contributed by atoms with Gasteiger partial charge in [0.15, 0.2) is 0 Å². The average molecular weight is 301 g/mol. The molecule has 5 heteroatoms. The highest BCUT2D eigenvalue weighted by Crippen LogP contribution is 2.28. The Morgan fingerprint density at radius 2 is 1.86 bits per heavy atom. The molecule has 0 aliphatic carbocycles. The van der Waals surface area contributed by atoms with E-state index in [0.29, 0.717) is 12.5 Å². The number of carbonyl (C=O) groups excluding carboxylic acids is 2. The van der Waals surface area contributed by atoms with Gasteiger partial charge in [-0.3, -0.25) is 9.59 Å². The van der Waals surface area contributed by atoms with Crippen molar-refractivity contribution in [2.24, 2.45) is 0 Å². The zero-order valence-electron chi connectivity index (χ0n) is 12.8. The number of carbonyl (C=O) groups is 2. The Balaban J connectivity index is 1.50. The SMILES string of the molecule is O=C1NCCN[C@H]1CC(=O)N1CCC(c2ccccc2)CC1. The normalized spacial score (nSPS) is 23.2. The number of rotatable bonds is 3. The summed E-state index contributed by atoms with van der Waals surface area (Å²) in [5.74, 6) is 0.571. The Morgan fingerprint density at radius 1 is 1.14 bits per heavy atom. The lowest BCUT2D eigenvalue weighted by Crippen LogP contribution is -2.54. The molecule has 3 rings (SSSR count). The van der Waals surface area contributed by atoms with Crippen molar-refractivity contribution in [3.05, 3.63) is 35.9 Å². The van der Waals surface area contributed by atoms with Gasteiger partial charge in [0.05, 0.1) is 12.5 Å². The first-order valence-electron chi connectivity index (χ1n) is 8.08. The molecule has 2 saturated heterocycles. The van der Waals surface area contributed by atoms with E-state index in [1.807, 2.05) is 11.0 Å². The molecule has 2 aliphatic heterocycles. The maximum atomic E-state index is 12.4. The van der Waals surface area contributed by atoms with Crippen molar-refractivity contribution in [1.82, 2.24) is 15.5 Å². The number of benzene rings is 1. The third kappa shape index (κ3) is 3.47.